The Hall–Kier alpha value is -0.420. The summed E-state index contributed by atoms with van der Waals surface area (Å²) >= 11 is 1.83. The number of thiophene rings is 1. The van der Waals surface area contributed by atoms with E-state index < -0.39 is 0 Å². The molecule has 2 heterocycles. The number of nitrogens with zero attached hydrogens (tertiary/aromatic N) is 1. The fourth-order valence-corrected chi connectivity index (χ4v) is 2.70. The van der Waals surface area contributed by atoms with Crippen molar-refractivity contribution in [3.05, 3.63) is 22.4 Å². The molecule has 1 aromatic heterocycles. The van der Waals surface area contributed by atoms with Crippen LogP contribution in [0, 0.1) is 0 Å². The lowest BCUT2D eigenvalue weighted by Gasteiger charge is -2.29. The van der Waals surface area contributed by atoms with Crippen LogP contribution in [0.3, 0.4) is 0 Å². The van der Waals surface area contributed by atoms with E-state index in [4.69, 9.17) is 4.74 Å². The van der Waals surface area contributed by atoms with E-state index in [1.807, 2.05) is 11.3 Å². The number of morpholine rings is 1. The van der Waals surface area contributed by atoms with Crippen LogP contribution in [-0.2, 0) is 11.3 Å². The topological polar surface area (TPSA) is 24.5 Å². The van der Waals surface area contributed by atoms with Gasteiger partial charge in [-0.3, -0.25) is 4.90 Å². The van der Waals surface area contributed by atoms with Gasteiger partial charge in [-0.05, 0) is 18.0 Å². The summed E-state index contributed by atoms with van der Waals surface area (Å²) in [6.45, 7) is 8.20. The molecule has 3 nitrogen and oxygen atoms in total. The van der Waals surface area contributed by atoms with Crippen LogP contribution < -0.4 is 5.32 Å². The maximum Gasteiger partial charge on any atom is 0.0826 e. The van der Waals surface area contributed by atoms with Crippen molar-refractivity contribution in [2.24, 2.45) is 0 Å². The van der Waals surface area contributed by atoms with E-state index in [0.29, 0.717) is 6.10 Å². The smallest absolute Gasteiger partial charge is 0.0826 e. The number of rotatable bonds is 5. The molecule has 0 radical (unpaired) electrons. The fourth-order valence-electron chi connectivity index (χ4n) is 1.95. The Kier molecular flexibility index (Phi) is 4.78. The van der Waals surface area contributed by atoms with Gasteiger partial charge in [-0.15, -0.1) is 11.3 Å². The number of hydrogen-bond donors (Lipinski definition) is 1. The first-order chi connectivity index (χ1) is 7.88. The Morgan fingerprint density at radius 3 is 3.19 bits per heavy atom. The SMILES string of the molecule is CCN(Cc1cccs1)CC1CNCCO1. The zero-order chi connectivity index (χ0) is 11.2. The molecule has 0 amide bonds. The summed E-state index contributed by atoms with van der Waals surface area (Å²) in [6.07, 6.45) is 0.355. The second kappa shape index (κ2) is 6.35. The Balaban J connectivity index is 1.80. The molecule has 4 heteroatoms. The van der Waals surface area contributed by atoms with E-state index in [9.17, 15) is 0 Å². The normalized spacial score (nSPS) is 21.5. The van der Waals surface area contributed by atoms with Crippen LogP contribution in [0.2, 0.25) is 0 Å². The van der Waals surface area contributed by atoms with Gasteiger partial charge >= 0.3 is 0 Å². The minimum atomic E-state index is 0.355. The van der Waals surface area contributed by atoms with Crippen molar-refractivity contribution in [2.45, 2.75) is 19.6 Å². The van der Waals surface area contributed by atoms with Crippen LogP contribution in [-0.4, -0.2) is 43.8 Å². The van der Waals surface area contributed by atoms with Gasteiger partial charge in [0.05, 0.1) is 12.7 Å². The van der Waals surface area contributed by atoms with Crippen LogP contribution in [0.4, 0.5) is 0 Å². The largest absolute Gasteiger partial charge is 0.374 e. The third-order valence-electron chi connectivity index (χ3n) is 2.87. The summed E-state index contributed by atoms with van der Waals surface area (Å²) in [5.41, 5.74) is 0. The van der Waals surface area contributed by atoms with Gasteiger partial charge in [0.25, 0.3) is 0 Å². The molecule has 16 heavy (non-hydrogen) atoms. The van der Waals surface area contributed by atoms with E-state index in [1.165, 1.54) is 4.88 Å². The standard InChI is InChI=1S/C12H20N2OS/c1-2-14(10-12-4-3-7-16-12)9-11-8-13-5-6-15-11/h3-4,7,11,13H,2,5-6,8-10H2,1H3. The molecule has 1 aromatic rings. The average Bonchev–Trinajstić information content (AvgIpc) is 2.82. The molecule has 1 unspecified atom stereocenters. The van der Waals surface area contributed by atoms with Crippen molar-refractivity contribution in [3.8, 4) is 0 Å². The molecule has 1 saturated heterocycles. The summed E-state index contributed by atoms with van der Waals surface area (Å²) in [6, 6.07) is 4.32. The van der Waals surface area contributed by atoms with Crippen molar-refractivity contribution in [2.75, 3.05) is 32.8 Å². The molecule has 1 aliphatic heterocycles. The summed E-state index contributed by atoms with van der Waals surface area (Å²) in [5, 5.41) is 5.51. The van der Waals surface area contributed by atoms with Crippen molar-refractivity contribution in [3.63, 3.8) is 0 Å². The highest BCUT2D eigenvalue weighted by Gasteiger charge is 2.16. The first kappa shape index (κ1) is 12.0. The molecule has 2 rings (SSSR count). The van der Waals surface area contributed by atoms with Crippen LogP contribution in [0.15, 0.2) is 17.5 Å². The summed E-state index contributed by atoms with van der Waals surface area (Å²) in [4.78, 5) is 3.88. The van der Waals surface area contributed by atoms with Gasteiger partial charge in [0.15, 0.2) is 0 Å². The zero-order valence-electron chi connectivity index (χ0n) is 9.82. The van der Waals surface area contributed by atoms with Gasteiger partial charge in [-0.25, -0.2) is 0 Å². The Bertz CT molecular complexity index is 283. The lowest BCUT2D eigenvalue weighted by Crippen LogP contribution is -2.45. The van der Waals surface area contributed by atoms with Gasteiger partial charge in [-0.1, -0.05) is 13.0 Å². The maximum absolute atomic E-state index is 5.73. The third-order valence-corrected chi connectivity index (χ3v) is 3.73. The molecule has 1 fully saturated rings. The van der Waals surface area contributed by atoms with E-state index in [2.05, 4.69) is 34.7 Å². The first-order valence-corrected chi connectivity index (χ1v) is 6.83. The summed E-state index contributed by atoms with van der Waals surface area (Å²) in [5.74, 6) is 0. The molecule has 90 valence electrons. The monoisotopic (exact) mass is 240 g/mol. The first-order valence-electron chi connectivity index (χ1n) is 5.95. The van der Waals surface area contributed by atoms with E-state index in [-0.39, 0.29) is 0 Å². The number of ether oxygens (including phenoxy) is 1. The summed E-state index contributed by atoms with van der Waals surface area (Å²) < 4.78 is 5.73. The quantitative estimate of drug-likeness (QED) is 0.845. The molecular weight excluding hydrogens is 220 g/mol. The number of hydrogen-bond acceptors (Lipinski definition) is 4. The Morgan fingerprint density at radius 1 is 1.62 bits per heavy atom. The van der Waals surface area contributed by atoms with Crippen LogP contribution in [0.25, 0.3) is 0 Å². The second-order valence-electron chi connectivity index (χ2n) is 4.10. The molecule has 0 bridgehead atoms. The highest BCUT2D eigenvalue weighted by atomic mass is 32.1. The predicted octanol–water partition coefficient (Wildman–Crippen LogP) is 1.56. The highest BCUT2D eigenvalue weighted by Crippen LogP contribution is 2.12. The van der Waals surface area contributed by atoms with Gasteiger partial charge in [0.2, 0.25) is 0 Å². The van der Waals surface area contributed by atoms with Crippen LogP contribution in [0.1, 0.15) is 11.8 Å². The third kappa shape index (κ3) is 3.56. The zero-order valence-corrected chi connectivity index (χ0v) is 10.6. The molecule has 1 aliphatic rings. The molecule has 0 aromatic carbocycles. The average molecular weight is 240 g/mol. The minimum absolute atomic E-state index is 0.355. The number of nitrogens with one attached hydrogen (secondary N) is 1. The molecule has 0 saturated carbocycles. The van der Waals surface area contributed by atoms with Crippen LogP contribution >= 0.6 is 11.3 Å². The van der Waals surface area contributed by atoms with Gasteiger partial charge in [0, 0.05) is 31.1 Å². The van der Waals surface area contributed by atoms with Crippen molar-refractivity contribution < 1.29 is 4.74 Å². The van der Waals surface area contributed by atoms with Crippen molar-refractivity contribution in [1.29, 1.82) is 0 Å². The van der Waals surface area contributed by atoms with Gasteiger partial charge < -0.3 is 10.1 Å². The van der Waals surface area contributed by atoms with Crippen molar-refractivity contribution >= 4 is 11.3 Å². The number of likely N-dealkylation sites (N-methyl/N-ethyl adjacent to an activating group) is 1. The van der Waals surface area contributed by atoms with E-state index >= 15 is 0 Å². The van der Waals surface area contributed by atoms with Crippen LogP contribution in [0.5, 0.6) is 0 Å². The Labute approximate surface area is 101 Å². The molecule has 0 aliphatic carbocycles. The fraction of sp³-hybridized carbons (Fsp3) is 0.667. The van der Waals surface area contributed by atoms with Gasteiger partial charge in [-0.2, -0.15) is 0 Å². The predicted molar refractivity (Wildman–Crippen MR) is 67.9 cm³/mol. The highest BCUT2D eigenvalue weighted by molar-refractivity contribution is 7.09. The maximum atomic E-state index is 5.73. The lowest BCUT2D eigenvalue weighted by atomic mass is 10.2. The molecule has 1 N–H and O–H groups in total. The van der Waals surface area contributed by atoms with Gasteiger partial charge in [0.1, 0.15) is 0 Å². The Morgan fingerprint density at radius 2 is 2.56 bits per heavy atom. The summed E-state index contributed by atoms with van der Waals surface area (Å²) in [7, 11) is 0. The minimum Gasteiger partial charge on any atom is -0.374 e. The van der Waals surface area contributed by atoms with E-state index in [0.717, 1.165) is 39.3 Å². The lowest BCUT2D eigenvalue weighted by molar-refractivity contribution is 0.00511. The van der Waals surface area contributed by atoms with Crippen molar-refractivity contribution in [1.82, 2.24) is 10.2 Å². The molecular formula is C12H20N2OS. The van der Waals surface area contributed by atoms with E-state index in [1.54, 1.807) is 0 Å². The molecule has 0 spiro atoms. The second-order valence-corrected chi connectivity index (χ2v) is 5.14. The molecule has 1 atom stereocenters.